The number of anilines is 2. The second-order valence-corrected chi connectivity index (χ2v) is 7.61. The summed E-state index contributed by atoms with van der Waals surface area (Å²) in [5.74, 6) is 0.732. The monoisotopic (exact) mass is 399 g/mol. The summed E-state index contributed by atoms with van der Waals surface area (Å²) in [4.78, 5) is 33.3. The van der Waals surface area contributed by atoms with Crippen molar-refractivity contribution in [3.63, 3.8) is 0 Å². The maximum Gasteiger partial charge on any atom is 0.337 e. The van der Waals surface area contributed by atoms with Gasteiger partial charge < -0.3 is 14.5 Å². The maximum absolute atomic E-state index is 13.1. The SMILES string of the molecule is COC(=O)c1ccc2c(c1)CCN2C(=O)C1CCN(c2ccc(Cl)cn2)CC1. The van der Waals surface area contributed by atoms with Crippen molar-refractivity contribution in [1.29, 1.82) is 0 Å². The van der Waals surface area contributed by atoms with Gasteiger partial charge in [0.2, 0.25) is 5.91 Å². The van der Waals surface area contributed by atoms with Crippen LogP contribution in [0.25, 0.3) is 0 Å². The first-order chi connectivity index (χ1) is 13.6. The highest BCUT2D eigenvalue weighted by Gasteiger charge is 2.33. The molecule has 0 unspecified atom stereocenters. The number of piperidine rings is 1. The van der Waals surface area contributed by atoms with Crippen LogP contribution in [-0.4, -0.2) is 43.6 Å². The Hall–Kier alpha value is -2.60. The number of carbonyl (C=O) groups is 2. The van der Waals surface area contributed by atoms with Crippen molar-refractivity contribution < 1.29 is 14.3 Å². The second kappa shape index (κ2) is 7.80. The number of nitrogens with zero attached hydrogens (tertiary/aromatic N) is 3. The van der Waals surface area contributed by atoms with Gasteiger partial charge in [-0.2, -0.15) is 0 Å². The number of aromatic nitrogens is 1. The zero-order chi connectivity index (χ0) is 19.7. The molecule has 6 nitrogen and oxygen atoms in total. The van der Waals surface area contributed by atoms with Crippen molar-refractivity contribution in [2.45, 2.75) is 19.3 Å². The van der Waals surface area contributed by atoms with E-state index in [0.717, 1.165) is 49.4 Å². The molecule has 4 rings (SSSR count). The minimum atomic E-state index is -0.351. The van der Waals surface area contributed by atoms with E-state index in [-0.39, 0.29) is 17.8 Å². The van der Waals surface area contributed by atoms with Gasteiger partial charge >= 0.3 is 5.97 Å². The molecule has 0 N–H and O–H groups in total. The highest BCUT2D eigenvalue weighted by molar-refractivity contribution is 6.30. The molecule has 28 heavy (non-hydrogen) atoms. The molecule has 0 bridgehead atoms. The smallest absolute Gasteiger partial charge is 0.337 e. The van der Waals surface area contributed by atoms with E-state index in [2.05, 4.69) is 9.88 Å². The van der Waals surface area contributed by atoms with Crippen LogP contribution in [0.2, 0.25) is 5.02 Å². The van der Waals surface area contributed by atoms with Gasteiger partial charge in [-0.15, -0.1) is 0 Å². The Bertz CT molecular complexity index is 892. The van der Waals surface area contributed by atoms with Crippen molar-refractivity contribution in [2.24, 2.45) is 5.92 Å². The lowest BCUT2D eigenvalue weighted by molar-refractivity contribution is -0.122. The molecule has 1 saturated heterocycles. The summed E-state index contributed by atoms with van der Waals surface area (Å²) >= 11 is 5.91. The Morgan fingerprint density at radius 1 is 1.14 bits per heavy atom. The summed E-state index contributed by atoms with van der Waals surface area (Å²) in [5.41, 5.74) is 2.47. The first kappa shape index (κ1) is 18.7. The zero-order valence-corrected chi connectivity index (χ0v) is 16.5. The molecule has 0 spiro atoms. The molecule has 146 valence electrons. The van der Waals surface area contributed by atoms with Crippen LogP contribution in [0.3, 0.4) is 0 Å². The number of hydrogen-bond donors (Lipinski definition) is 0. The van der Waals surface area contributed by atoms with E-state index in [1.165, 1.54) is 7.11 Å². The van der Waals surface area contributed by atoms with Crippen LogP contribution in [0, 0.1) is 5.92 Å². The fraction of sp³-hybridized carbons (Fsp3) is 0.381. The van der Waals surface area contributed by atoms with E-state index in [4.69, 9.17) is 16.3 Å². The number of benzene rings is 1. The molecule has 0 aliphatic carbocycles. The number of methoxy groups -OCH3 is 1. The predicted molar refractivity (Wildman–Crippen MR) is 108 cm³/mol. The average Bonchev–Trinajstić information content (AvgIpc) is 3.16. The zero-order valence-electron chi connectivity index (χ0n) is 15.7. The Balaban J connectivity index is 1.41. The van der Waals surface area contributed by atoms with Crippen molar-refractivity contribution in [3.8, 4) is 0 Å². The van der Waals surface area contributed by atoms with Gasteiger partial charge in [-0.05, 0) is 55.2 Å². The summed E-state index contributed by atoms with van der Waals surface area (Å²) in [7, 11) is 1.37. The minimum absolute atomic E-state index is 0.00906. The summed E-state index contributed by atoms with van der Waals surface area (Å²) in [6.07, 6.45) is 4.02. The Morgan fingerprint density at radius 3 is 2.61 bits per heavy atom. The van der Waals surface area contributed by atoms with E-state index in [1.807, 2.05) is 29.2 Å². The molecule has 1 fully saturated rings. The second-order valence-electron chi connectivity index (χ2n) is 7.17. The molecule has 2 aromatic rings. The van der Waals surface area contributed by atoms with Crippen molar-refractivity contribution in [2.75, 3.05) is 36.5 Å². The first-order valence-electron chi connectivity index (χ1n) is 9.46. The number of pyridine rings is 1. The molecule has 1 amide bonds. The van der Waals surface area contributed by atoms with Gasteiger partial charge in [0.25, 0.3) is 0 Å². The quantitative estimate of drug-likeness (QED) is 0.741. The number of fused-ring (bicyclic) bond motifs is 1. The fourth-order valence-electron chi connectivity index (χ4n) is 4.01. The molecule has 1 aromatic carbocycles. The summed E-state index contributed by atoms with van der Waals surface area (Å²) in [5, 5.41) is 0.622. The third kappa shape index (κ3) is 3.56. The van der Waals surface area contributed by atoms with Crippen LogP contribution < -0.4 is 9.80 Å². The van der Waals surface area contributed by atoms with Gasteiger partial charge in [0.15, 0.2) is 0 Å². The van der Waals surface area contributed by atoms with E-state index in [0.29, 0.717) is 17.1 Å². The van der Waals surface area contributed by atoms with Gasteiger partial charge in [0, 0.05) is 37.4 Å². The normalized spacial score (nSPS) is 16.8. The largest absolute Gasteiger partial charge is 0.465 e. The van der Waals surface area contributed by atoms with Crippen LogP contribution in [0.15, 0.2) is 36.5 Å². The summed E-state index contributed by atoms with van der Waals surface area (Å²) in [6, 6.07) is 9.18. The van der Waals surface area contributed by atoms with Crippen LogP contribution in [0.1, 0.15) is 28.8 Å². The third-order valence-electron chi connectivity index (χ3n) is 5.54. The van der Waals surface area contributed by atoms with Crippen LogP contribution in [0.5, 0.6) is 0 Å². The lowest BCUT2D eigenvalue weighted by atomic mass is 9.95. The summed E-state index contributed by atoms with van der Waals surface area (Å²) < 4.78 is 4.78. The lowest BCUT2D eigenvalue weighted by Gasteiger charge is -2.34. The highest BCUT2D eigenvalue weighted by Crippen LogP contribution is 2.32. The van der Waals surface area contributed by atoms with Crippen LogP contribution >= 0.6 is 11.6 Å². The summed E-state index contributed by atoms with van der Waals surface area (Å²) in [6.45, 7) is 2.26. The number of halogens is 1. The lowest BCUT2D eigenvalue weighted by Crippen LogP contribution is -2.42. The molecule has 7 heteroatoms. The number of esters is 1. The van der Waals surface area contributed by atoms with Gasteiger partial charge in [0.1, 0.15) is 5.82 Å². The molecule has 0 radical (unpaired) electrons. The topological polar surface area (TPSA) is 62.7 Å². The van der Waals surface area contributed by atoms with E-state index >= 15 is 0 Å². The highest BCUT2D eigenvalue weighted by atomic mass is 35.5. The van der Waals surface area contributed by atoms with Crippen molar-refractivity contribution >= 4 is 35.0 Å². The Morgan fingerprint density at radius 2 is 1.93 bits per heavy atom. The molecule has 3 heterocycles. The molecule has 2 aliphatic heterocycles. The molecule has 2 aliphatic rings. The fourth-order valence-corrected chi connectivity index (χ4v) is 4.12. The molecular weight excluding hydrogens is 378 g/mol. The number of hydrogen-bond acceptors (Lipinski definition) is 5. The van der Waals surface area contributed by atoms with E-state index < -0.39 is 0 Å². The van der Waals surface area contributed by atoms with Crippen LogP contribution in [-0.2, 0) is 16.0 Å². The predicted octanol–water partition coefficient (Wildman–Crippen LogP) is 3.33. The van der Waals surface area contributed by atoms with Gasteiger partial charge in [-0.1, -0.05) is 11.6 Å². The van der Waals surface area contributed by atoms with Crippen LogP contribution in [0.4, 0.5) is 11.5 Å². The standard InChI is InChI=1S/C21H22ClN3O3/c1-28-21(27)16-2-4-18-15(12-16)8-11-25(18)20(26)14-6-9-24(10-7-14)19-5-3-17(22)13-23-19/h2-5,12-14H,6-11H2,1H3. The van der Waals surface area contributed by atoms with Gasteiger partial charge in [-0.25, -0.2) is 9.78 Å². The number of ether oxygens (including phenoxy) is 1. The number of rotatable bonds is 3. The number of amides is 1. The maximum atomic E-state index is 13.1. The molecule has 0 saturated carbocycles. The third-order valence-corrected chi connectivity index (χ3v) is 5.77. The van der Waals surface area contributed by atoms with E-state index in [1.54, 1.807) is 12.3 Å². The van der Waals surface area contributed by atoms with Gasteiger partial charge in [-0.3, -0.25) is 4.79 Å². The molecule has 0 atom stereocenters. The van der Waals surface area contributed by atoms with Crippen molar-refractivity contribution in [3.05, 3.63) is 52.7 Å². The molecular formula is C21H22ClN3O3. The Labute approximate surface area is 169 Å². The van der Waals surface area contributed by atoms with Crippen molar-refractivity contribution in [1.82, 2.24) is 4.98 Å². The minimum Gasteiger partial charge on any atom is -0.465 e. The molecule has 1 aromatic heterocycles. The Kier molecular flexibility index (Phi) is 5.22. The van der Waals surface area contributed by atoms with E-state index in [9.17, 15) is 9.59 Å². The average molecular weight is 400 g/mol. The van der Waals surface area contributed by atoms with Gasteiger partial charge in [0.05, 0.1) is 17.7 Å². The number of carbonyl (C=O) groups excluding carboxylic acids is 2. The first-order valence-corrected chi connectivity index (χ1v) is 9.83.